The molecule has 2 aromatic carbocycles. The van der Waals surface area contributed by atoms with Crippen LogP contribution in [0.4, 0.5) is 19.0 Å². The standard InChI is InChI=1S/C22H18F3N3O2/c1-21(30)11-14(12-21)26-20-16-5-3-2-4-15(16)19(27-28-20)17-7-6-13(10-18(17)29)8-9-22(23,24)25/h2-7,10,14,29-30H,11-12H2,1H3,(H,26,28). The summed E-state index contributed by atoms with van der Waals surface area (Å²) in [6.45, 7) is 1.78. The van der Waals surface area contributed by atoms with Crippen molar-refractivity contribution >= 4 is 16.6 Å². The monoisotopic (exact) mass is 413 g/mol. The van der Waals surface area contributed by atoms with Gasteiger partial charge in [0.2, 0.25) is 0 Å². The molecule has 5 nitrogen and oxygen atoms in total. The van der Waals surface area contributed by atoms with Gasteiger partial charge in [0.1, 0.15) is 11.4 Å². The normalized spacial score (nSPS) is 20.9. The highest BCUT2D eigenvalue weighted by atomic mass is 19.4. The predicted molar refractivity (Wildman–Crippen MR) is 107 cm³/mol. The summed E-state index contributed by atoms with van der Waals surface area (Å²) in [6.07, 6.45) is -3.40. The van der Waals surface area contributed by atoms with Crippen LogP contribution in [-0.4, -0.2) is 38.2 Å². The van der Waals surface area contributed by atoms with Gasteiger partial charge in [-0.2, -0.15) is 13.2 Å². The maximum Gasteiger partial charge on any atom is 0.458 e. The van der Waals surface area contributed by atoms with Crippen LogP contribution in [0, 0.1) is 11.8 Å². The van der Waals surface area contributed by atoms with Crippen LogP contribution in [-0.2, 0) is 0 Å². The quantitative estimate of drug-likeness (QED) is 0.560. The molecule has 0 aliphatic heterocycles. The number of rotatable bonds is 3. The van der Waals surface area contributed by atoms with Crippen LogP contribution in [0.15, 0.2) is 42.5 Å². The number of nitrogens with zero attached hydrogens (tertiary/aromatic N) is 2. The first kappa shape index (κ1) is 20.0. The van der Waals surface area contributed by atoms with Gasteiger partial charge in [-0.15, -0.1) is 10.2 Å². The zero-order chi connectivity index (χ0) is 21.5. The van der Waals surface area contributed by atoms with Gasteiger partial charge in [0.25, 0.3) is 0 Å². The van der Waals surface area contributed by atoms with Gasteiger partial charge >= 0.3 is 6.18 Å². The minimum Gasteiger partial charge on any atom is -0.507 e. The second kappa shape index (κ2) is 7.18. The number of aromatic nitrogens is 2. The molecule has 1 saturated carbocycles. The highest BCUT2D eigenvalue weighted by Crippen LogP contribution is 2.37. The summed E-state index contributed by atoms with van der Waals surface area (Å²) in [7, 11) is 0. The van der Waals surface area contributed by atoms with Gasteiger partial charge in [-0.05, 0) is 38.0 Å². The van der Waals surface area contributed by atoms with Crippen LogP contribution in [0.5, 0.6) is 5.75 Å². The van der Waals surface area contributed by atoms with Gasteiger partial charge in [-0.25, -0.2) is 0 Å². The van der Waals surface area contributed by atoms with Crippen molar-refractivity contribution in [3.8, 4) is 28.8 Å². The Bertz CT molecular complexity index is 1170. The molecule has 8 heteroatoms. The molecule has 1 heterocycles. The zero-order valence-electron chi connectivity index (χ0n) is 16.0. The van der Waals surface area contributed by atoms with Crippen molar-refractivity contribution in [1.82, 2.24) is 10.2 Å². The zero-order valence-corrected chi connectivity index (χ0v) is 16.0. The molecule has 0 unspecified atom stereocenters. The molecule has 3 N–H and O–H groups in total. The van der Waals surface area contributed by atoms with E-state index in [0.717, 1.165) is 10.8 Å². The molecule has 0 bridgehead atoms. The Morgan fingerprint density at radius 2 is 1.80 bits per heavy atom. The van der Waals surface area contributed by atoms with Crippen LogP contribution in [0.25, 0.3) is 22.0 Å². The number of phenolic OH excluding ortho intramolecular Hbond substituents is 1. The van der Waals surface area contributed by atoms with E-state index in [2.05, 4.69) is 15.5 Å². The average molecular weight is 413 g/mol. The van der Waals surface area contributed by atoms with Crippen LogP contribution in [0.3, 0.4) is 0 Å². The van der Waals surface area contributed by atoms with Crippen molar-refractivity contribution in [2.45, 2.75) is 37.6 Å². The van der Waals surface area contributed by atoms with Gasteiger partial charge < -0.3 is 15.5 Å². The Labute approximate surface area is 170 Å². The molecule has 0 saturated heterocycles. The molecule has 154 valence electrons. The van der Waals surface area contributed by atoms with Gasteiger partial charge in [-0.1, -0.05) is 30.2 Å². The number of aliphatic hydroxyl groups is 1. The molecule has 0 radical (unpaired) electrons. The summed E-state index contributed by atoms with van der Waals surface area (Å²) in [6, 6.07) is 11.5. The summed E-state index contributed by atoms with van der Waals surface area (Å²) >= 11 is 0. The Balaban J connectivity index is 1.70. The summed E-state index contributed by atoms with van der Waals surface area (Å²) in [5.41, 5.74) is 0.115. The number of benzene rings is 2. The molecular weight excluding hydrogens is 395 g/mol. The lowest BCUT2D eigenvalue weighted by atomic mass is 9.77. The van der Waals surface area contributed by atoms with E-state index in [0.29, 0.717) is 29.9 Å². The number of hydrogen-bond acceptors (Lipinski definition) is 5. The first-order valence-corrected chi connectivity index (χ1v) is 9.29. The highest BCUT2D eigenvalue weighted by molar-refractivity contribution is 6.01. The first-order valence-electron chi connectivity index (χ1n) is 9.29. The molecule has 1 aromatic heterocycles. The topological polar surface area (TPSA) is 78.3 Å². The van der Waals surface area contributed by atoms with Gasteiger partial charge in [-0.3, -0.25) is 0 Å². The van der Waals surface area contributed by atoms with Crippen molar-refractivity contribution in [3.63, 3.8) is 0 Å². The number of anilines is 1. The van der Waals surface area contributed by atoms with Gasteiger partial charge in [0.05, 0.1) is 5.60 Å². The maximum absolute atomic E-state index is 12.3. The van der Waals surface area contributed by atoms with Crippen LogP contribution >= 0.6 is 0 Å². The minimum absolute atomic E-state index is 0.0427. The summed E-state index contributed by atoms with van der Waals surface area (Å²) < 4.78 is 36.9. The minimum atomic E-state index is -4.60. The number of hydrogen-bond donors (Lipinski definition) is 3. The fourth-order valence-corrected chi connectivity index (χ4v) is 3.66. The number of nitrogens with one attached hydrogen (secondary N) is 1. The molecule has 4 rings (SSSR count). The Morgan fingerprint density at radius 1 is 1.10 bits per heavy atom. The smallest absolute Gasteiger partial charge is 0.458 e. The summed E-state index contributed by atoms with van der Waals surface area (Å²) in [5, 5.41) is 33.6. The SMILES string of the molecule is CC1(O)CC(Nc2nnc(-c3ccc(C#CC(F)(F)F)cc3O)c3ccccc23)C1. The Kier molecular flexibility index (Phi) is 4.79. The number of halogens is 3. The molecule has 0 atom stereocenters. The molecule has 30 heavy (non-hydrogen) atoms. The lowest BCUT2D eigenvalue weighted by molar-refractivity contribution is -0.0696. The van der Waals surface area contributed by atoms with Gasteiger partial charge in [0.15, 0.2) is 5.82 Å². The van der Waals surface area contributed by atoms with Crippen molar-refractivity contribution < 1.29 is 23.4 Å². The van der Waals surface area contributed by atoms with E-state index in [9.17, 15) is 23.4 Å². The average Bonchev–Trinajstić information content (AvgIpc) is 2.65. The number of fused-ring (bicyclic) bond motifs is 1. The third-order valence-electron chi connectivity index (χ3n) is 5.00. The van der Waals surface area contributed by atoms with Crippen molar-refractivity contribution in [3.05, 3.63) is 48.0 Å². The summed E-state index contributed by atoms with van der Waals surface area (Å²) in [5.74, 6) is 3.51. The second-order valence-electron chi connectivity index (χ2n) is 7.67. The first-order chi connectivity index (χ1) is 14.1. The molecule has 1 aliphatic rings. The molecule has 1 aliphatic carbocycles. The molecule has 3 aromatic rings. The lowest BCUT2D eigenvalue weighted by Gasteiger charge is -2.41. The number of alkyl halides is 3. The second-order valence-corrected chi connectivity index (χ2v) is 7.67. The van der Waals surface area contributed by atoms with E-state index >= 15 is 0 Å². The third kappa shape index (κ3) is 4.16. The van der Waals surface area contributed by atoms with Crippen LogP contribution < -0.4 is 5.32 Å². The Morgan fingerprint density at radius 3 is 2.43 bits per heavy atom. The van der Waals surface area contributed by atoms with E-state index in [4.69, 9.17) is 0 Å². The molecular formula is C22H18F3N3O2. The van der Waals surface area contributed by atoms with E-state index < -0.39 is 11.8 Å². The molecule has 1 fully saturated rings. The number of phenols is 1. The van der Waals surface area contributed by atoms with Crippen molar-refractivity contribution in [1.29, 1.82) is 0 Å². The van der Waals surface area contributed by atoms with E-state index in [1.54, 1.807) is 6.92 Å². The van der Waals surface area contributed by atoms with E-state index in [1.165, 1.54) is 24.1 Å². The predicted octanol–water partition coefficient (Wildman–Crippen LogP) is 4.24. The Hall–Kier alpha value is -3.31. The van der Waals surface area contributed by atoms with Crippen molar-refractivity contribution in [2.75, 3.05) is 5.32 Å². The highest BCUT2D eigenvalue weighted by Gasteiger charge is 2.38. The van der Waals surface area contributed by atoms with Crippen LogP contribution in [0.2, 0.25) is 0 Å². The summed E-state index contributed by atoms with van der Waals surface area (Å²) in [4.78, 5) is 0. The number of aromatic hydroxyl groups is 1. The lowest BCUT2D eigenvalue weighted by Crippen LogP contribution is -2.48. The van der Waals surface area contributed by atoms with E-state index in [-0.39, 0.29) is 17.4 Å². The maximum atomic E-state index is 12.3. The molecule has 0 amide bonds. The fraction of sp³-hybridized carbons (Fsp3) is 0.273. The van der Waals surface area contributed by atoms with Crippen molar-refractivity contribution in [2.24, 2.45) is 0 Å². The van der Waals surface area contributed by atoms with Gasteiger partial charge in [0, 0.05) is 33.9 Å². The van der Waals surface area contributed by atoms with Crippen LogP contribution in [0.1, 0.15) is 25.3 Å². The fourth-order valence-electron chi connectivity index (χ4n) is 3.66. The third-order valence-corrected chi connectivity index (χ3v) is 5.00. The van der Waals surface area contributed by atoms with E-state index in [1.807, 2.05) is 30.2 Å². The molecule has 0 spiro atoms. The largest absolute Gasteiger partial charge is 0.507 e.